The van der Waals surface area contributed by atoms with Crippen molar-refractivity contribution in [2.24, 2.45) is 5.73 Å². The van der Waals surface area contributed by atoms with E-state index in [1.54, 1.807) is 12.1 Å². The van der Waals surface area contributed by atoms with E-state index >= 15 is 0 Å². The van der Waals surface area contributed by atoms with E-state index in [0.717, 1.165) is 10.8 Å². The number of halogens is 1. The van der Waals surface area contributed by atoms with Crippen molar-refractivity contribution in [1.82, 2.24) is 5.32 Å². The van der Waals surface area contributed by atoms with Crippen molar-refractivity contribution in [2.75, 3.05) is 6.61 Å². The van der Waals surface area contributed by atoms with Gasteiger partial charge in [0.15, 0.2) is 6.61 Å². The number of carbonyl (C=O) groups is 2. The minimum Gasteiger partial charge on any atom is -0.483 e. The summed E-state index contributed by atoms with van der Waals surface area (Å²) in [7, 11) is 0. The van der Waals surface area contributed by atoms with Crippen LogP contribution in [0.2, 0.25) is 5.02 Å². The molecule has 0 saturated carbocycles. The van der Waals surface area contributed by atoms with Crippen LogP contribution in [0.4, 0.5) is 0 Å². The SMILES string of the molecule is CC(C)(NC(=O)COc1ccc(Cl)c2ccccc12)C(N)=O. The first kappa shape index (κ1) is 16.1. The quantitative estimate of drug-likeness (QED) is 0.886. The first-order chi connectivity index (χ1) is 10.3. The van der Waals surface area contributed by atoms with Crippen molar-refractivity contribution in [1.29, 1.82) is 0 Å². The van der Waals surface area contributed by atoms with E-state index in [1.807, 2.05) is 24.3 Å². The summed E-state index contributed by atoms with van der Waals surface area (Å²) in [6.45, 7) is 2.85. The Bertz CT molecular complexity index is 728. The number of carbonyl (C=O) groups excluding carboxylic acids is 2. The lowest BCUT2D eigenvalue weighted by molar-refractivity contribution is -0.131. The number of nitrogens with one attached hydrogen (secondary N) is 1. The van der Waals surface area contributed by atoms with Gasteiger partial charge in [-0.3, -0.25) is 9.59 Å². The molecule has 0 radical (unpaired) electrons. The van der Waals surface area contributed by atoms with Crippen molar-refractivity contribution in [3.05, 3.63) is 41.4 Å². The maximum Gasteiger partial charge on any atom is 0.258 e. The topological polar surface area (TPSA) is 81.4 Å². The van der Waals surface area contributed by atoms with Crippen molar-refractivity contribution in [3.8, 4) is 5.75 Å². The molecule has 2 amide bonds. The fourth-order valence-electron chi connectivity index (χ4n) is 1.95. The van der Waals surface area contributed by atoms with Gasteiger partial charge in [0.05, 0.1) is 0 Å². The van der Waals surface area contributed by atoms with Crippen LogP contribution in [0.1, 0.15) is 13.8 Å². The van der Waals surface area contributed by atoms with Gasteiger partial charge in [0, 0.05) is 15.8 Å². The van der Waals surface area contributed by atoms with Gasteiger partial charge in [0.25, 0.3) is 5.91 Å². The summed E-state index contributed by atoms with van der Waals surface area (Å²) >= 11 is 6.13. The number of nitrogens with two attached hydrogens (primary N) is 1. The van der Waals surface area contributed by atoms with Crippen molar-refractivity contribution < 1.29 is 14.3 Å². The maximum absolute atomic E-state index is 11.9. The summed E-state index contributed by atoms with van der Waals surface area (Å²) < 4.78 is 5.54. The molecule has 2 rings (SSSR count). The lowest BCUT2D eigenvalue weighted by Gasteiger charge is -2.22. The minimum atomic E-state index is -1.12. The van der Waals surface area contributed by atoms with Crippen molar-refractivity contribution in [3.63, 3.8) is 0 Å². The number of amides is 2. The zero-order valence-corrected chi connectivity index (χ0v) is 13.1. The fourth-order valence-corrected chi connectivity index (χ4v) is 2.18. The molecule has 0 aliphatic rings. The molecule has 0 unspecified atom stereocenters. The highest BCUT2D eigenvalue weighted by atomic mass is 35.5. The summed E-state index contributed by atoms with van der Waals surface area (Å²) in [4.78, 5) is 23.1. The van der Waals surface area contributed by atoms with Crippen LogP contribution in [0.3, 0.4) is 0 Å². The summed E-state index contributed by atoms with van der Waals surface area (Å²) in [5, 5.41) is 4.80. The maximum atomic E-state index is 11.9. The first-order valence-electron chi connectivity index (χ1n) is 6.72. The molecule has 0 aliphatic heterocycles. The molecule has 116 valence electrons. The van der Waals surface area contributed by atoms with E-state index in [-0.39, 0.29) is 6.61 Å². The number of rotatable bonds is 5. The number of ether oxygens (including phenoxy) is 1. The van der Waals surface area contributed by atoms with Crippen molar-refractivity contribution >= 4 is 34.2 Å². The predicted octanol–water partition coefficient (Wildman–Crippen LogP) is 2.25. The Labute approximate surface area is 133 Å². The van der Waals surface area contributed by atoms with E-state index in [2.05, 4.69) is 5.32 Å². The standard InChI is InChI=1S/C16H17ClN2O3/c1-16(2,15(18)21)19-14(20)9-22-13-8-7-12(17)10-5-3-4-6-11(10)13/h3-8H,9H2,1-2H3,(H2,18,21)(H,19,20). The highest BCUT2D eigenvalue weighted by Crippen LogP contribution is 2.31. The second-order valence-electron chi connectivity index (χ2n) is 5.42. The molecule has 5 nitrogen and oxygen atoms in total. The second-order valence-corrected chi connectivity index (χ2v) is 5.82. The van der Waals surface area contributed by atoms with Crippen LogP contribution in [0.25, 0.3) is 10.8 Å². The Balaban J connectivity index is 2.11. The largest absolute Gasteiger partial charge is 0.483 e. The monoisotopic (exact) mass is 320 g/mol. The number of hydrogen-bond acceptors (Lipinski definition) is 3. The molecule has 2 aromatic carbocycles. The van der Waals surface area contributed by atoms with Gasteiger partial charge >= 0.3 is 0 Å². The molecule has 0 heterocycles. The predicted molar refractivity (Wildman–Crippen MR) is 85.9 cm³/mol. The summed E-state index contributed by atoms with van der Waals surface area (Å²) in [6, 6.07) is 10.9. The average molecular weight is 321 g/mol. The van der Waals surface area contributed by atoms with Crippen LogP contribution >= 0.6 is 11.6 Å². The zero-order chi connectivity index (χ0) is 16.3. The van der Waals surface area contributed by atoms with Crippen LogP contribution in [0, 0.1) is 0 Å². The third kappa shape index (κ3) is 3.49. The number of primary amides is 1. The molecule has 2 aromatic rings. The molecular weight excluding hydrogens is 304 g/mol. The molecule has 0 atom stereocenters. The smallest absolute Gasteiger partial charge is 0.258 e. The molecular formula is C16H17ClN2O3. The molecule has 0 spiro atoms. The van der Waals surface area contributed by atoms with Gasteiger partial charge in [0.2, 0.25) is 5.91 Å². The average Bonchev–Trinajstić information content (AvgIpc) is 2.46. The number of hydrogen-bond donors (Lipinski definition) is 2. The van der Waals surface area contributed by atoms with Gasteiger partial charge in [0.1, 0.15) is 11.3 Å². The van der Waals surface area contributed by atoms with Gasteiger partial charge in [-0.25, -0.2) is 0 Å². The van der Waals surface area contributed by atoms with Crippen LogP contribution in [0.5, 0.6) is 5.75 Å². The summed E-state index contributed by atoms with van der Waals surface area (Å²) in [5.41, 5.74) is 4.09. The van der Waals surface area contributed by atoms with Crippen LogP contribution in [0.15, 0.2) is 36.4 Å². The minimum absolute atomic E-state index is 0.220. The van der Waals surface area contributed by atoms with E-state index in [9.17, 15) is 9.59 Å². The molecule has 22 heavy (non-hydrogen) atoms. The van der Waals surface area contributed by atoms with E-state index < -0.39 is 17.4 Å². The Kier molecular flexibility index (Phi) is 4.56. The molecule has 0 saturated heterocycles. The van der Waals surface area contributed by atoms with Gasteiger partial charge in [-0.05, 0) is 26.0 Å². The molecule has 6 heteroatoms. The Morgan fingerprint density at radius 2 is 1.82 bits per heavy atom. The zero-order valence-electron chi connectivity index (χ0n) is 12.4. The van der Waals surface area contributed by atoms with Gasteiger partial charge < -0.3 is 15.8 Å². The second kappa shape index (κ2) is 6.23. The Morgan fingerprint density at radius 1 is 1.18 bits per heavy atom. The summed E-state index contributed by atoms with van der Waals surface area (Å²) in [6.07, 6.45) is 0. The van der Waals surface area contributed by atoms with Gasteiger partial charge in [-0.15, -0.1) is 0 Å². The number of benzene rings is 2. The van der Waals surface area contributed by atoms with E-state index in [0.29, 0.717) is 10.8 Å². The third-order valence-corrected chi connectivity index (χ3v) is 3.59. The van der Waals surface area contributed by atoms with E-state index in [1.165, 1.54) is 13.8 Å². The van der Waals surface area contributed by atoms with Crippen molar-refractivity contribution in [2.45, 2.75) is 19.4 Å². The first-order valence-corrected chi connectivity index (χ1v) is 7.10. The molecule has 3 N–H and O–H groups in total. The van der Waals surface area contributed by atoms with E-state index in [4.69, 9.17) is 22.1 Å². The molecule has 0 bridgehead atoms. The molecule has 0 aromatic heterocycles. The lowest BCUT2D eigenvalue weighted by Crippen LogP contribution is -2.54. The highest BCUT2D eigenvalue weighted by molar-refractivity contribution is 6.35. The number of fused-ring (bicyclic) bond motifs is 1. The lowest BCUT2D eigenvalue weighted by atomic mass is 10.1. The Morgan fingerprint density at radius 3 is 2.45 bits per heavy atom. The highest BCUT2D eigenvalue weighted by Gasteiger charge is 2.26. The summed E-state index contributed by atoms with van der Waals surface area (Å²) in [5.74, 6) is -0.493. The fraction of sp³-hybridized carbons (Fsp3) is 0.250. The van der Waals surface area contributed by atoms with Crippen LogP contribution < -0.4 is 15.8 Å². The third-order valence-electron chi connectivity index (χ3n) is 3.26. The van der Waals surface area contributed by atoms with Crippen LogP contribution in [-0.2, 0) is 9.59 Å². The molecule has 0 aliphatic carbocycles. The Hall–Kier alpha value is -2.27. The van der Waals surface area contributed by atoms with Gasteiger partial charge in [-0.2, -0.15) is 0 Å². The van der Waals surface area contributed by atoms with Crippen LogP contribution in [-0.4, -0.2) is 24.0 Å². The normalized spacial score (nSPS) is 11.2. The molecule has 0 fully saturated rings. The van der Waals surface area contributed by atoms with Gasteiger partial charge in [-0.1, -0.05) is 35.9 Å².